The lowest BCUT2D eigenvalue weighted by molar-refractivity contribution is -0.266. The minimum Gasteiger partial charge on any atom is -0.460 e. The summed E-state index contributed by atoms with van der Waals surface area (Å²) >= 11 is 0. The summed E-state index contributed by atoms with van der Waals surface area (Å²) in [5.41, 5.74) is 1.03. The summed E-state index contributed by atoms with van der Waals surface area (Å²) in [6, 6.07) is 13.4. The molecule has 0 spiro atoms. The zero-order valence-corrected chi connectivity index (χ0v) is 20.7. The highest BCUT2D eigenvalue weighted by Crippen LogP contribution is 2.34. The van der Waals surface area contributed by atoms with E-state index in [0.29, 0.717) is 12.7 Å². The van der Waals surface area contributed by atoms with Crippen molar-refractivity contribution in [1.29, 1.82) is 0 Å². The summed E-state index contributed by atoms with van der Waals surface area (Å²) in [4.78, 5) is 48.1. The molecule has 1 fully saturated rings. The van der Waals surface area contributed by atoms with E-state index in [1.807, 2.05) is 44.2 Å². The first-order valence-electron chi connectivity index (χ1n) is 11.7. The second-order valence-corrected chi connectivity index (χ2v) is 8.51. The molecule has 0 radical (unpaired) electrons. The van der Waals surface area contributed by atoms with E-state index >= 15 is 0 Å². The lowest BCUT2D eigenvalue weighted by atomic mass is 9.89. The Hall–Kier alpha value is -3.72. The van der Waals surface area contributed by atoms with Gasteiger partial charge in [0.25, 0.3) is 0 Å². The number of ether oxygens (including phenoxy) is 5. The van der Waals surface area contributed by atoms with E-state index in [1.165, 1.54) is 32.0 Å². The summed E-state index contributed by atoms with van der Waals surface area (Å²) in [6.45, 7) is 6.25. The van der Waals surface area contributed by atoms with Crippen molar-refractivity contribution in [2.75, 3.05) is 0 Å². The van der Waals surface area contributed by atoms with Crippen molar-refractivity contribution >= 4 is 24.2 Å². The standard InChI is InChI=1S/C27H30O9/c1-5-22-16(2)24(33-17(3)29)25(34-18(4)30)27(35-22)36-23-12-11-20(14-28)13-21(23)26(31)32-15-19-9-7-6-8-10-19/h6-14,16,22,24-25,27H,5,15H2,1-4H3/t16-,22+,24-,25+,27-/m0/s1. The van der Waals surface area contributed by atoms with Gasteiger partial charge in [-0.3, -0.25) is 14.4 Å². The summed E-state index contributed by atoms with van der Waals surface area (Å²) in [7, 11) is 0. The molecule has 0 unspecified atom stereocenters. The largest absolute Gasteiger partial charge is 0.460 e. The van der Waals surface area contributed by atoms with Gasteiger partial charge in [-0.25, -0.2) is 4.79 Å². The molecular formula is C27H30O9. The van der Waals surface area contributed by atoms with Gasteiger partial charge in [0.2, 0.25) is 12.4 Å². The molecule has 0 N–H and O–H groups in total. The Morgan fingerprint density at radius 2 is 1.64 bits per heavy atom. The molecule has 1 aliphatic rings. The molecule has 0 aliphatic carbocycles. The molecule has 0 aromatic heterocycles. The van der Waals surface area contributed by atoms with Gasteiger partial charge in [0.05, 0.1) is 6.10 Å². The lowest BCUT2D eigenvalue weighted by Crippen LogP contribution is -2.58. The van der Waals surface area contributed by atoms with Crippen LogP contribution in [0.25, 0.3) is 0 Å². The molecule has 2 aromatic rings. The fourth-order valence-electron chi connectivity index (χ4n) is 4.09. The highest BCUT2D eigenvalue weighted by atomic mass is 16.7. The molecule has 1 heterocycles. The van der Waals surface area contributed by atoms with Crippen molar-refractivity contribution in [1.82, 2.24) is 0 Å². The van der Waals surface area contributed by atoms with Crippen LogP contribution in [0.2, 0.25) is 0 Å². The van der Waals surface area contributed by atoms with Crippen LogP contribution in [-0.2, 0) is 35.1 Å². The fraction of sp³-hybridized carbons (Fsp3) is 0.407. The first kappa shape index (κ1) is 26.9. The Morgan fingerprint density at radius 3 is 2.25 bits per heavy atom. The van der Waals surface area contributed by atoms with Crippen molar-refractivity contribution in [2.24, 2.45) is 5.92 Å². The van der Waals surface area contributed by atoms with E-state index < -0.39 is 36.4 Å². The average molecular weight is 499 g/mol. The number of carbonyl (C=O) groups excluding carboxylic acids is 4. The predicted octanol–water partition coefficient (Wildman–Crippen LogP) is 3.87. The summed E-state index contributed by atoms with van der Waals surface area (Å²) in [6.07, 6.45) is -2.33. The first-order valence-corrected chi connectivity index (χ1v) is 11.7. The maximum Gasteiger partial charge on any atom is 0.342 e. The van der Waals surface area contributed by atoms with Crippen LogP contribution in [0.5, 0.6) is 5.75 Å². The molecule has 0 saturated carbocycles. The van der Waals surface area contributed by atoms with E-state index in [0.717, 1.165) is 5.56 Å². The van der Waals surface area contributed by atoms with Gasteiger partial charge in [0.15, 0.2) is 0 Å². The number of rotatable bonds is 9. The Labute approximate surface area is 209 Å². The van der Waals surface area contributed by atoms with E-state index in [2.05, 4.69) is 0 Å². The Morgan fingerprint density at radius 1 is 0.972 bits per heavy atom. The molecule has 2 aromatic carbocycles. The van der Waals surface area contributed by atoms with E-state index in [-0.39, 0.29) is 35.5 Å². The summed E-state index contributed by atoms with van der Waals surface area (Å²) in [5.74, 6) is -2.10. The molecule has 9 nitrogen and oxygen atoms in total. The van der Waals surface area contributed by atoms with E-state index in [4.69, 9.17) is 23.7 Å². The van der Waals surface area contributed by atoms with Crippen molar-refractivity contribution in [2.45, 2.75) is 65.3 Å². The van der Waals surface area contributed by atoms with Gasteiger partial charge >= 0.3 is 17.9 Å². The smallest absolute Gasteiger partial charge is 0.342 e. The van der Waals surface area contributed by atoms with Gasteiger partial charge in [0, 0.05) is 25.3 Å². The van der Waals surface area contributed by atoms with Crippen LogP contribution in [0, 0.1) is 5.92 Å². The Bertz CT molecular complexity index is 1080. The zero-order chi connectivity index (χ0) is 26.2. The first-order chi connectivity index (χ1) is 17.2. The molecule has 5 atom stereocenters. The Kier molecular flexibility index (Phi) is 9.19. The lowest BCUT2D eigenvalue weighted by Gasteiger charge is -2.43. The van der Waals surface area contributed by atoms with Crippen LogP contribution in [0.3, 0.4) is 0 Å². The number of carbonyl (C=O) groups is 4. The monoisotopic (exact) mass is 498 g/mol. The average Bonchev–Trinajstić information content (AvgIpc) is 2.86. The third-order valence-electron chi connectivity index (χ3n) is 5.83. The third kappa shape index (κ3) is 6.69. The number of esters is 3. The van der Waals surface area contributed by atoms with Gasteiger partial charge in [0.1, 0.15) is 30.3 Å². The number of aldehydes is 1. The maximum atomic E-state index is 13.0. The van der Waals surface area contributed by atoms with Crippen LogP contribution >= 0.6 is 0 Å². The van der Waals surface area contributed by atoms with Crippen LogP contribution < -0.4 is 4.74 Å². The molecule has 0 bridgehead atoms. The molecule has 3 rings (SSSR count). The SMILES string of the molecule is CC[C@H]1O[C@@H](Oc2ccc(C=O)cc2C(=O)OCc2ccccc2)[C@H](OC(C)=O)[C@@H](OC(C)=O)[C@H]1C. The normalized spacial score (nSPS) is 23.3. The second kappa shape index (κ2) is 12.3. The summed E-state index contributed by atoms with van der Waals surface area (Å²) in [5, 5.41) is 0. The van der Waals surface area contributed by atoms with E-state index in [1.54, 1.807) is 0 Å². The number of hydrogen-bond donors (Lipinski definition) is 0. The van der Waals surface area contributed by atoms with Crippen molar-refractivity contribution < 1.29 is 42.9 Å². The van der Waals surface area contributed by atoms with Crippen molar-refractivity contribution in [3.8, 4) is 5.75 Å². The fourth-order valence-corrected chi connectivity index (χ4v) is 4.09. The van der Waals surface area contributed by atoms with Gasteiger partial charge in [-0.05, 0) is 30.2 Å². The maximum absolute atomic E-state index is 13.0. The topological polar surface area (TPSA) is 114 Å². The zero-order valence-electron chi connectivity index (χ0n) is 20.7. The highest BCUT2D eigenvalue weighted by molar-refractivity contribution is 5.94. The van der Waals surface area contributed by atoms with E-state index in [9.17, 15) is 19.2 Å². The van der Waals surface area contributed by atoms with Gasteiger partial charge in [-0.2, -0.15) is 0 Å². The quantitative estimate of drug-likeness (QED) is 0.289. The molecule has 192 valence electrons. The minimum atomic E-state index is -1.19. The molecule has 9 heteroatoms. The van der Waals surface area contributed by atoms with Crippen LogP contribution in [0.15, 0.2) is 48.5 Å². The molecule has 36 heavy (non-hydrogen) atoms. The molecule has 0 amide bonds. The van der Waals surface area contributed by atoms with Gasteiger partial charge in [-0.15, -0.1) is 0 Å². The minimum absolute atomic E-state index is 0.00332. The highest BCUT2D eigenvalue weighted by Gasteiger charge is 2.48. The van der Waals surface area contributed by atoms with Crippen LogP contribution in [0.4, 0.5) is 0 Å². The van der Waals surface area contributed by atoms with Gasteiger partial charge < -0.3 is 23.7 Å². The molecule has 1 aliphatic heterocycles. The second-order valence-electron chi connectivity index (χ2n) is 8.51. The van der Waals surface area contributed by atoms with Crippen molar-refractivity contribution in [3.63, 3.8) is 0 Å². The molecular weight excluding hydrogens is 468 g/mol. The number of hydrogen-bond acceptors (Lipinski definition) is 9. The third-order valence-corrected chi connectivity index (χ3v) is 5.83. The van der Waals surface area contributed by atoms with Crippen molar-refractivity contribution in [3.05, 3.63) is 65.2 Å². The van der Waals surface area contributed by atoms with Gasteiger partial charge in [-0.1, -0.05) is 44.2 Å². The van der Waals surface area contributed by atoms with Crippen LogP contribution in [-0.4, -0.2) is 48.8 Å². The number of benzene rings is 2. The Balaban J connectivity index is 1.92. The predicted molar refractivity (Wildman–Crippen MR) is 127 cm³/mol. The van der Waals surface area contributed by atoms with Crippen LogP contribution in [0.1, 0.15) is 60.4 Å². The molecule has 1 saturated heterocycles. The summed E-state index contributed by atoms with van der Waals surface area (Å²) < 4.78 is 28.5.